The minimum atomic E-state index is -0.0925. The maximum Gasteiger partial charge on any atom is 0.111 e. The molecule has 4 aliphatic carbocycles. The van der Waals surface area contributed by atoms with Crippen LogP contribution in [0.1, 0.15) is 59.3 Å². The highest BCUT2D eigenvalue weighted by molar-refractivity contribution is 5.27. The Labute approximate surface area is 140 Å². The molecule has 0 heterocycles. The van der Waals surface area contributed by atoms with E-state index in [-0.39, 0.29) is 11.5 Å². The van der Waals surface area contributed by atoms with Crippen LogP contribution in [0, 0.1) is 40.4 Å². The Hall–Kier alpha value is -0.760. The Morgan fingerprint density at radius 3 is 2.70 bits per heavy atom. The Balaban J connectivity index is 1.67. The van der Waals surface area contributed by atoms with Gasteiger partial charge in [-0.2, -0.15) is 0 Å². The van der Waals surface area contributed by atoms with E-state index in [1.165, 1.54) is 25.7 Å². The van der Waals surface area contributed by atoms with E-state index in [1.54, 1.807) is 0 Å². The van der Waals surface area contributed by atoms with Crippen molar-refractivity contribution in [2.75, 3.05) is 0 Å². The first-order valence-corrected chi connectivity index (χ1v) is 9.68. The summed E-state index contributed by atoms with van der Waals surface area (Å²) in [6.07, 6.45) is 13.4. The fourth-order valence-corrected chi connectivity index (χ4v) is 7.31. The van der Waals surface area contributed by atoms with Crippen molar-refractivity contribution in [2.45, 2.75) is 65.4 Å². The third-order valence-corrected chi connectivity index (χ3v) is 8.52. The van der Waals surface area contributed by atoms with Crippen LogP contribution in [0.3, 0.4) is 0 Å². The number of rotatable bonds is 1. The van der Waals surface area contributed by atoms with Crippen LogP contribution in [0.4, 0.5) is 0 Å². The summed E-state index contributed by atoms with van der Waals surface area (Å²) in [5.74, 6) is 3.58. The fraction of sp³-hybridized carbons (Fsp3) is 0.810. The lowest BCUT2D eigenvalue weighted by Gasteiger charge is -2.58. The van der Waals surface area contributed by atoms with Gasteiger partial charge in [0.2, 0.25) is 0 Å². The molecule has 3 fully saturated rings. The average molecular weight is 316 g/mol. The molecule has 0 bridgehead atoms. The van der Waals surface area contributed by atoms with Crippen LogP contribution in [0.25, 0.3) is 0 Å². The third-order valence-electron chi connectivity index (χ3n) is 8.52. The monoisotopic (exact) mass is 316 g/mol. The van der Waals surface area contributed by atoms with Crippen LogP contribution < -0.4 is 0 Å². The summed E-state index contributed by atoms with van der Waals surface area (Å²) in [5.41, 5.74) is 0.542. The molecule has 0 saturated heterocycles. The molecular formula is C21H32O2. The fourth-order valence-electron chi connectivity index (χ4n) is 7.31. The highest BCUT2D eigenvalue weighted by atomic mass is 16.3. The van der Waals surface area contributed by atoms with Crippen molar-refractivity contribution in [3.63, 3.8) is 0 Å². The smallest absolute Gasteiger partial charge is 0.111 e. The van der Waals surface area contributed by atoms with E-state index >= 15 is 0 Å². The lowest BCUT2D eigenvalue weighted by atomic mass is 9.46. The van der Waals surface area contributed by atoms with E-state index in [1.807, 2.05) is 6.08 Å². The van der Waals surface area contributed by atoms with Crippen molar-refractivity contribution in [3.8, 4) is 0 Å². The summed E-state index contributed by atoms with van der Waals surface area (Å²) in [4.78, 5) is 0. The normalized spacial score (nSPS) is 54.9. The molecule has 0 aromatic rings. The molecular weight excluding hydrogens is 284 g/mol. The SMILES string of the molecule is CC[C@H]1C(O)C[C@H]2[C@@H]3CCC4C=C(O)C=C[C@]4(C)[C@H]3CC[C@]12C. The summed E-state index contributed by atoms with van der Waals surface area (Å²) in [7, 11) is 0. The Kier molecular flexibility index (Phi) is 3.50. The topological polar surface area (TPSA) is 40.5 Å². The van der Waals surface area contributed by atoms with Crippen LogP contribution >= 0.6 is 0 Å². The van der Waals surface area contributed by atoms with Crippen molar-refractivity contribution in [2.24, 2.45) is 40.4 Å². The molecule has 3 saturated carbocycles. The van der Waals surface area contributed by atoms with Crippen LogP contribution in [0.2, 0.25) is 0 Å². The minimum Gasteiger partial charge on any atom is -0.508 e. The Bertz CT molecular complexity index is 550. The highest BCUT2D eigenvalue weighted by Gasteiger charge is 2.60. The molecule has 0 spiro atoms. The van der Waals surface area contributed by atoms with Crippen molar-refractivity contribution >= 4 is 0 Å². The number of aliphatic hydroxyl groups is 2. The number of allylic oxidation sites excluding steroid dienone is 3. The summed E-state index contributed by atoms with van der Waals surface area (Å²) in [6, 6.07) is 0. The molecule has 2 nitrogen and oxygen atoms in total. The van der Waals surface area contributed by atoms with E-state index in [0.717, 1.165) is 18.8 Å². The van der Waals surface area contributed by atoms with Gasteiger partial charge in [0.25, 0.3) is 0 Å². The van der Waals surface area contributed by atoms with Gasteiger partial charge in [0.1, 0.15) is 5.76 Å². The number of hydrogen-bond acceptors (Lipinski definition) is 2. The Morgan fingerprint density at radius 1 is 1.17 bits per heavy atom. The quantitative estimate of drug-likeness (QED) is 0.725. The average Bonchev–Trinajstić information content (AvgIpc) is 2.77. The van der Waals surface area contributed by atoms with Crippen molar-refractivity contribution in [1.82, 2.24) is 0 Å². The highest BCUT2D eigenvalue weighted by Crippen LogP contribution is 2.66. The van der Waals surface area contributed by atoms with Gasteiger partial charge in [-0.1, -0.05) is 33.3 Å². The van der Waals surface area contributed by atoms with Crippen molar-refractivity contribution in [1.29, 1.82) is 0 Å². The Morgan fingerprint density at radius 2 is 1.96 bits per heavy atom. The van der Waals surface area contributed by atoms with Crippen molar-refractivity contribution in [3.05, 3.63) is 24.0 Å². The van der Waals surface area contributed by atoms with Gasteiger partial charge in [0.05, 0.1) is 6.10 Å². The zero-order valence-corrected chi connectivity index (χ0v) is 14.8. The number of aliphatic hydroxyl groups excluding tert-OH is 2. The van der Waals surface area contributed by atoms with E-state index in [4.69, 9.17) is 0 Å². The second kappa shape index (κ2) is 5.12. The number of hydrogen-bond donors (Lipinski definition) is 2. The zero-order chi connectivity index (χ0) is 16.4. The van der Waals surface area contributed by atoms with E-state index in [2.05, 4.69) is 32.9 Å². The minimum absolute atomic E-state index is 0.0925. The predicted octanol–water partition coefficient (Wildman–Crippen LogP) is 4.85. The molecule has 0 aromatic carbocycles. The van der Waals surface area contributed by atoms with E-state index < -0.39 is 0 Å². The van der Waals surface area contributed by atoms with Gasteiger partial charge in [-0.3, -0.25) is 0 Å². The standard InChI is InChI=1S/C21H32O2/c1-4-16-19(23)12-18-15-6-5-13-11-14(22)7-9-20(13,2)17(15)8-10-21(16,18)3/h7,9,11,13,15-19,22-23H,4-6,8,10,12H2,1-3H3/t13?,15-,16+,17+,18+,19?,20+,21-/m1/s1. The molecule has 4 aliphatic rings. The largest absolute Gasteiger partial charge is 0.508 e. The van der Waals surface area contributed by atoms with Gasteiger partial charge in [-0.15, -0.1) is 0 Å². The van der Waals surface area contributed by atoms with Gasteiger partial charge in [-0.25, -0.2) is 0 Å². The molecule has 0 aromatic heterocycles. The summed E-state index contributed by atoms with van der Waals surface area (Å²) in [5, 5.41) is 20.5. The lowest BCUT2D eigenvalue weighted by Crippen LogP contribution is -2.51. The molecule has 8 atom stereocenters. The van der Waals surface area contributed by atoms with Gasteiger partial charge in [0.15, 0.2) is 0 Å². The summed E-state index contributed by atoms with van der Waals surface area (Å²) < 4.78 is 0. The molecule has 0 amide bonds. The summed E-state index contributed by atoms with van der Waals surface area (Å²) >= 11 is 0. The van der Waals surface area contributed by atoms with Crippen LogP contribution in [-0.2, 0) is 0 Å². The molecule has 2 N–H and O–H groups in total. The first kappa shape index (κ1) is 15.7. The van der Waals surface area contributed by atoms with Crippen LogP contribution in [-0.4, -0.2) is 16.3 Å². The lowest BCUT2D eigenvalue weighted by molar-refractivity contribution is -0.0692. The van der Waals surface area contributed by atoms with Crippen molar-refractivity contribution < 1.29 is 10.2 Å². The molecule has 4 rings (SSSR count). The first-order chi connectivity index (χ1) is 10.9. The van der Waals surface area contributed by atoms with Gasteiger partial charge in [-0.05, 0) is 84.7 Å². The zero-order valence-electron chi connectivity index (χ0n) is 14.8. The molecule has 128 valence electrons. The second-order valence-electron chi connectivity index (χ2n) is 9.21. The maximum atomic E-state index is 10.7. The molecule has 23 heavy (non-hydrogen) atoms. The molecule has 0 radical (unpaired) electrons. The van der Waals surface area contributed by atoms with Crippen LogP contribution in [0.15, 0.2) is 24.0 Å². The van der Waals surface area contributed by atoms with E-state index in [0.29, 0.717) is 34.8 Å². The second-order valence-corrected chi connectivity index (χ2v) is 9.21. The third kappa shape index (κ3) is 2.03. The summed E-state index contributed by atoms with van der Waals surface area (Å²) in [6.45, 7) is 7.14. The molecule has 2 heteroatoms. The molecule has 0 aliphatic heterocycles. The van der Waals surface area contributed by atoms with E-state index in [9.17, 15) is 10.2 Å². The van der Waals surface area contributed by atoms with Crippen LogP contribution in [0.5, 0.6) is 0 Å². The van der Waals surface area contributed by atoms with Gasteiger partial charge < -0.3 is 10.2 Å². The number of fused-ring (bicyclic) bond motifs is 5. The first-order valence-electron chi connectivity index (χ1n) is 9.68. The predicted molar refractivity (Wildman–Crippen MR) is 92.9 cm³/mol. The maximum absolute atomic E-state index is 10.7. The van der Waals surface area contributed by atoms with Gasteiger partial charge >= 0.3 is 0 Å². The van der Waals surface area contributed by atoms with Gasteiger partial charge in [0, 0.05) is 0 Å². The molecule has 2 unspecified atom stereocenters.